The largest absolute Gasteiger partial charge is 0.340 e. The average molecular weight is 422 g/mol. The molecule has 3 aromatic carbocycles. The molecule has 0 aliphatic carbocycles. The number of aromatic amines is 1. The van der Waals surface area contributed by atoms with E-state index in [0.29, 0.717) is 0 Å². The Balaban J connectivity index is 1.53. The molecule has 160 valence electrons. The molecule has 0 unspecified atom stereocenters. The molecule has 0 fully saturated rings. The number of hydrogen-bond acceptors (Lipinski definition) is 3. The Morgan fingerprint density at radius 2 is 1.72 bits per heavy atom. The SMILES string of the molecule is CCCCCn1c2ccccc2c2cc(C=NN(c3ccccc3)c3ccn[nH]3)ccc21. The molecule has 0 atom stereocenters. The lowest BCUT2D eigenvalue weighted by atomic mass is 10.1. The Hall–Kier alpha value is -3.86. The highest BCUT2D eigenvalue weighted by Crippen LogP contribution is 2.30. The summed E-state index contributed by atoms with van der Waals surface area (Å²) in [4.78, 5) is 0. The van der Waals surface area contributed by atoms with Gasteiger partial charge in [0.05, 0.1) is 18.1 Å². The maximum atomic E-state index is 4.79. The number of aromatic nitrogens is 3. The molecule has 5 nitrogen and oxygen atoms in total. The molecular weight excluding hydrogens is 394 g/mol. The monoisotopic (exact) mass is 421 g/mol. The first-order valence-electron chi connectivity index (χ1n) is 11.2. The number of H-pyrrole nitrogens is 1. The second-order valence-corrected chi connectivity index (χ2v) is 7.99. The molecular formula is C27H27N5. The minimum atomic E-state index is 0.820. The maximum absolute atomic E-state index is 4.79. The fourth-order valence-electron chi connectivity index (χ4n) is 4.24. The van der Waals surface area contributed by atoms with E-state index in [4.69, 9.17) is 5.10 Å². The second-order valence-electron chi connectivity index (χ2n) is 7.99. The lowest BCUT2D eigenvalue weighted by Gasteiger charge is -2.16. The van der Waals surface area contributed by atoms with Crippen LogP contribution in [-0.4, -0.2) is 21.0 Å². The molecule has 32 heavy (non-hydrogen) atoms. The van der Waals surface area contributed by atoms with Crippen LogP contribution in [0.5, 0.6) is 0 Å². The molecule has 0 bridgehead atoms. The number of unbranched alkanes of at least 4 members (excludes halogenated alkanes) is 2. The van der Waals surface area contributed by atoms with Gasteiger partial charge < -0.3 is 4.57 Å². The van der Waals surface area contributed by atoms with Gasteiger partial charge in [0.25, 0.3) is 0 Å². The highest BCUT2D eigenvalue weighted by Gasteiger charge is 2.11. The fraction of sp³-hybridized carbons (Fsp3) is 0.185. The van der Waals surface area contributed by atoms with Crippen molar-refractivity contribution in [3.05, 3.63) is 90.6 Å². The van der Waals surface area contributed by atoms with Crippen molar-refractivity contribution in [2.24, 2.45) is 5.10 Å². The molecule has 5 heteroatoms. The highest BCUT2D eigenvalue weighted by molar-refractivity contribution is 6.09. The first-order chi connectivity index (χ1) is 15.8. The van der Waals surface area contributed by atoms with Crippen molar-refractivity contribution in [3.8, 4) is 0 Å². The van der Waals surface area contributed by atoms with Gasteiger partial charge in [0.1, 0.15) is 5.82 Å². The standard InChI is InChI=1S/C27H27N5/c1-2-3-9-18-31-25-13-8-7-12-23(25)24-19-21(14-15-26(24)31)20-29-32(27-16-17-28-30-27)22-10-5-4-6-11-22/h4-8,10-17,19-20H,2-3,9,18H2,1H3,(H,28,30). The highest BCUT2D eigenvalue weighted by atomic mass is 15.5. The zero-order valence-electron chi connectivity index (χ0n) is 18.3. The van der Waals surface area contributed by atoms with E-state index in [9.17, 15) is 0 Å². The van der Waals surface area contributed by atoms with Crippen molar-refractivity contribution in [1.82, 2.24) is 14.8 Å². The number of fused-ring (bicyclic) bond motifs is 3. The predicted molar refractivity (Wildman–Crippen MR) is 134 cm³/mol. The molecule has 2 aromatic heterocycles. The zero-order valence-corrected chi connectivity index (χ0v) is 18.3. The summed E-state index contributed by atoms with van der Waals surface area (Å²) in [5, 5.41) is 16.3. The van der Waals surface area contributed by atoms with Crippen LogP contribution in [0.1, 0.15) is 31.7 Å². The van der Waals surface area contributed by atoms with Crippen LogP contribution in [0.4, 0.5) is 11.5 Å². The fourth-order valence-corrected chi connectivity index (χ4v) is 4.24. The summed E-state index contributed by atoms with van der Waals surface area (Å²) in [6.45, 7) is 3.30. The quantitative estimate of drug-likeness (QED) is 0.169. The van der Waals surface area contributed by atoms with Crippen LogP contribution in [0.15, 0.2) is 90.2 Å². The van der Waals surface area contributed by atoms with Crippen LogP contribution < -0.4 is 5.01 Å². The second kappa shape index (κ2) is 9.10. The third-order valence-corrected chi connectivity index (χ3v) is 5.82. The first kappa shape index (κ1) is 20.1. The zero-order chi connectivity index (χ0) is 21.8. The van der Waals surface area contributed by atoms with Crippen LogP contribution in [0.3, 0.4) is 0 Å². The molecule has 0 aliphatic rings. The Bertz CT molecular complexity index is 1330. The Morgan fingerprint density at radius 3 is 2.53 bits per heavy atom. The van der Waals surface area contributed by atoms with Crippen LogP contribution in [0.25, 0.3) is 21.8 Å². The molecule has 0 spiro atoms. The van der Waals surface area contributed by atoms with E-state index >= 15 is 0 Å². The molecule has 0 saturated carbocycles. The summed E-state index contributed by atoms with van der Waals surface area (Å²) in [7, 11) is 0. The van der Waals surface area contributed by atoms with Crippen molar-refractivity contribution in [1.29, 1.82) is 0 Å². The van der Waals surface area contributed by atoms with E-state index < -0.39 is 0 Å². The molecule has 0 saturated heterocycles. The minimum absolute atomic E-state index is 0.820. The Labute approximate surface area is 188 Å². The van der Waals surface area contributed by atoms with Gasteiger partial charge in [-0.1, -0.05) is 62.2 Å². The van der Waals surface area contributed by atoms with E-state index in [1.807, 2.05) is 47.6 Å². The number of hydrazone groups is 1. The molecule has 5 aromatic rings. The van der Waals surface area contributed by atoms with Crippen molar-refractivity contribution in [2.75, 3.05) is 5.01 Å². The molecule has 0 aliphatic heterocycles. The van der Waals surface area contributed by atoms with E-state index in [1.165, 1.54) is 41.1 Å². The summed E-state index contributed by atoms with van der Waals surface area (Å²) in [6, 6.07) is 27.3. The normalized spacial score (nSPS) is 11.7. The van der Waals surface area contributed by atoms with Gasteiger partial charge in [-0.25, -0.2) is 5.01 Å². The Kier molecular flexibility index (Phi) is 5.71. The number of anilines is 2. The summed E-state index contributed by atoms with van der Waals surface area (Å²) in [6.07, 6.45) is 7.33. The van der Waals surface area contributed by atoms with Crippen LogP contribution >= 0.6 is 0 Å². The van der Waals surface area contributed by atoms with E-state index in [1.54, 1.807) is 6.20 Å². The maximum Gasteiger partial charge on any atom is 0.149 e. The third kappa shape index (κ3) is 3.89. The van der Waals surface area contributed by atoms with Crippen LogP contribution in [0, 0.1) is 0 Å². The molecule has 1 N–H and O–H groups in total. The number of benzene rings is 3. The van der Waals surface area contributed by atoms with Gasteiger partial charge >= 0.3 is 0 Å². The number of nitrogens with one attached hydrogen (secondary N) is 1. The molecule has 0 radical (unpaired) electrons. The molecule has 5 rings (SSSR count). The van der Waals surface area contributed by atoms with Gasteiger partial charge in [0, 0.05) is 34.4 Å². The number of nitrogens with zero attached hydrogens (tertiary/aromatic N) is 4. The topological polar surface area (TPSA) is 49.2 Å². The summed E-state index contributed by atoms with van der Waals surface area (Å²) in [5.41, 5.74) is 4.63. The first-order valence-corrected chi connectivity index (χ1v) is 11.2. The lowest BCUT2D eigenvalue weighted by Crippen LogP contribution is -2.09. The number of rotatable bonds is 8. The van der Waals surface area contributed by atoms with E-state index in [2.05, 4.69) is 64.2 Å². The van der Waals surface area contributed by atoms with Gasteiger partial charge in [0.15, 0.2) is 0 Å². The number of para-hydroxylation sites is 2. The average Bonchev–Trinajstić information content (AvgIpc) is 3.47. The third-order valence-electron chi connectivity index (χ3n) is 5.82. The van der Waals surface area contributed by atoms with E-state index in [-0.39, 0.29) is 0 Å². The van der Waals surface area contributed by atoms with E-state index in [0.717, 1.165) is 23.6 Å². The van der Waals surface area contributed by atoms with Crippen LogP contribution in [0.2, 0.25) is 0 Å². The predicted octanol–water partition coefficient (Wildman–Crippen LogP) is 6.88. The van der Waals surface area contributed by atoms with Gasteiger partial charge in [0.2, 0.25) is 0 Å². The van der Waals surface area contributed by atoms with Gasteiger partial charge in [-0.15, -0.1) is 0 Å². The number of hydrogen-bond donors (Lipinski definition) is 1. The van der Waals surface area contributed by atoms with Crippen molar-refractivity contribution in [3.63, 3.8) is 0 Å². The smallest absolute Gasteiger partial charge is 0.149 e. The summed E-state index contributed by atoms with van der Waals surface area (Å²) < 4.78 is 2.46. The molecule has 0 amide bonds. The minimum Gasteiger partial charge on any atom is -0.340 e. The summed E-state index contributed by atoms with van der Waals surface area (Å²) >= 11 is 0. The van der Waals surface area contributed by atoms with Crippen molar-refractivity contribution < 1.29 is 0 Å². The van der Waals surface area contributed by atoms with Gasteiger partial charge in [-0.05, 0) is 42.3 Å². The Morgan fingerprint density at radius 1 is 0.906 bits per heavy atom. The summed E-state index contributed by atoms with van der Waals surface area (Å²) in [5.74, 6) is 0.820. The van der Waals surface area contributed by atoms with Crippen LogP contribution in [-0.2, 0) is 6.54 Å². The molecule has 2 heterocycles. The lowest BCUT2D eigenvalue weighted by molar-refractivity contribution is 0.627. The van der Waals surface area contributed by atoms with Gasteiger partial charge in [-0.3, -0.25) is 5.10 Å². The van der Waals surface area contributed by atoms with Gasteiger partial charge in [-0.2, -0.15) is 10.2 Å². The van der Waals surface area contributed by atoms with Crippen molar-refractivity contribution in [2.45, 2.75) is 32.7 Å². The number of aryl methyl sites for hydroxylation is 1. The van der Waals surface area contributed by atoms with Crippen molar-refractivity contribution >= 4 is 39.5 Å².